The van der Waals surface area contributed by atoms with Crippen LogP contribution in [0.3, 0.4) is 0 Å². The molecule has 68 valence electrons. The minimum absolute atomic E-state index is 0.354. The fourth-order valence-corrected chi connectivity index (χ4v) is 1.60. The zero-order valence-electron chi connectivity index (χ0n) is 8.13. The Morgan fingerprint density at radius 3 is 2.42 bits per heavy atom. The third kappa shape index (κ3) is 2.84. The van der Waals surface area contributed by atoms with Gasteiger partial charge in [-0.2, -0.15) is 0 Å². The number of rotatable bonds is 1. The monoisotopic (exact) mass is 167 g/mol. The second-order valence-electron chi connectivity index (χ2n) is 3.38. The van der Waals surface area contributed by atoms with Gasteiger partial charge in [0.25, 0.3) is 0 Å². The lowest BCUT2D eigenvalue weighted by atomic mass is 10.2. The first-order valence-electron chi connectivity index (χ1n) is 4.49. The van der Waals surface area contributed by atoms with Gasteiger partial charge < -0.3 is 4.74 Å². The molecule has 2 nitrogen and oxygen atoms in total. The van der Waals surface area contributed by atoms with E-state index in [1.807, 2.05) is 6.92 Å². The molecule has 0 aromatic rings. The molecule has 2 atom stereocenters. The van der Waals surface area contributed by atoms with Crippen molar-refractivity contribution in [1.29, 1.82) is 0 Å². The van der Waals surface area contributed by atoms with Crippen LogP contribution in [0.1, 0.15) is 20.8 Å². The maximum Gasteiger partial charge on any atom is 0.0678 e. The van der Waals surface area contributed by atoms with E-state index < -0.39 is 0 Å². The Kier molecular flexibility index (Phi) is 3.58. The van der Waals surface area contributed by atoms with Crippen molar-refractivity contribution in [2.75, 3.05) is 19.6 Å². The van der Waals surface area contributed by atoms with Gasteiger partial charge in [-0.3, -0.25) is 4.90 Å². The van der Waals surface area contributed by atoms with E-state index in [1.165, 1.54) is 0 Å². The Morgan fingerprint density at radius 1 is 1.33 bits per heavy atom. The minimum atomic E-state index is 0.354. The van der Waals surface area contributed by atoms with Crippen molar-refractivity contribution in [2.24, 2.45) is 0 Å². The lowest BCUT2D eigenvalue weighted by Gasteiger charge is -2.34. The molecule has 0 radical (unpaired) electrons. The number of hydrogen-bond donors (Lipinski definition) is 0. The Labute approximate surface area is 74.9 Å². The van der Waals surface area contributed by atoms with Crippen LogP contribution in [-0.2, 0) is 4.74 Å². The Hall–Kier alpha value is -0.520. The van der Waals surface area contributed by atoms with Gasteiger partial charge in [-0.25, -0.2) is 0 Å². The van der Waals surface area contributed by atoms with Crippen molar-refractivity contribution < 1.29 is 4.74 Å². The summed E-state index contributed by atoms with van der Waals surface area (Å²) >= 11 is 0. The van der Waals surface area contributed by atoms with Crippen molar-refractivity contribution >= 4 is 0 Å². The van der Waals surface area contributed by atoms with E-state index >= 15 is 0 Å². The first kappa shape index (κ1) is 9.57. The lowest BCUT2D eigenvalue weighted by molar-refractivity contribution is -0.0640. The van der Waals surface area contributed by atoms with Crippen molar-refractivity contribution in [2.45, 2.75) is 33.0 Å². The molecule has 1 heterocycles. The van der Waals surface area contributed by atoms with Gasteiger partial charge in [-0.05, 0) is 20.8 Å². The summed E-state index contributed by atoms with van der Waals surface area (Å²) in [5.41, 5.74) is 0. The van der Waals surface area contributed by atoms with Crippen LogP contribution < -0.4 is 0 Å². The smallest absolute Gasteiger partial charge is 0.0678 e. The number of hydrogen-bond acceptors (Lipinski definition) is 2. The van der Waals surface area contributed by atoms with Gasteiger partial charge in [0.05, 0.1) is 18.8 Å². The van der Waals surface area contributed by atoms with Gasteiger partial charge in [-0.15, -0.1) is 5.92 Å². The summed E-state index contributed by atoms with van der Waals surface area (Å²) in [7, 11) is 0. The fraction of sp³-hybridized carbons (Fsp3) is 0.800. The van der Waals surface area contributed by atoms with Crippen molar-refractivity contribution in [3.8, 4) is 11.8 Å². The van der Waals surface area contributed by atoms with Gasteiger partial charge in [0.1, 0.15) is 0 Å². The molecule has 0 aromatic carbocycles. The molecule has 1 aliphatic heterocycles. The molecule has 2 unspecified atom stereocenters. The van der Waals surface area contributed by atoms with Gasteiger partial charge in [0.15, 0.2) is 0 Å². The first-order chi connectivity index (χ1) is 5.72. The van der Waals surface area contributed by atoms with E-state index in [9.17, 15) is 0 Å². The second-order valence-corrected chi connectivity index (χ2v) is 3.38. The third-order valence-electron chi connectivity index (χ3n) is 1.97. The largest absolute Gasteiger partial charge is 0.373 e. The summed E-state index contributed by atoms with van der Waals surface area (Å²) in [5, 5.41) is 0. The SMILES string of the molecule is CC#CCN1CC(C)OC(C)C1. The highest BCUT2D eigenvalue weighted by Gasteiger charge is 2.20. The van der Waals surface area contributed by atoms with Crippen LogP contribution >= 0.6 is 0 Å². The highest BCUT2D eigenvalue weighted by atomic mass is 16.5. The summed E-state index contributed by atoms with van der Waals surface area (Å²) in [5.74, 6) is 5.99. The summed E-state index contributed by atoms with van der Waals surface area (Å²) in [6, 6.07) is 0. The topological polar surface area (TPSA) is 12.5 Å². The number of nitrogens with zero attached hydrogens (tertiary/aromatic N) is 1. The van der Waals surface area contributed by atoms with Crippen molar-refractivity contribution in [1.82, 2.24) is 4.90 Å². The second kappa shape index (κ2) is 4.49. The molecule has 0 N–H and O–H groups in total. The van der Waals surface area contributed by atoms with Crippen molar-refractivity contribution in [3.63, 3.8) is 0 Å². The molecule has 0 spiro atoms. The summed E-state index contributed by atoms with van der Waals surface area (Å²) < 4.78 is 5.61. The van der Waals surface area contributed by atoms with E-state index in [0.29, 0.717) is 12.2 Å². The third-order valence-corrected chi connectivity index (χ3v) is 1.97. The van der Waals surface area contributed by atoms with E-state index in [4.69, 9.17) is 4.74 Å². The van der Waals surface area contributed by atoms with Crippen LogP contribution in [-0.4, -0.2) is 36.7 Å². The molecule has 1 saturated heterocycles. The first-order valence-corrected chi connectivity index (χ1v) is 4.49. The van der Waals surface area contributed by atoms with Crippen LogP contribution in [0.4, 0.5) is 0 Å². The molecule has 1 aliphatic rings. The average Bonchev–Trinajstić information content (AvgIpc) is 1.99. The molecule has 0 aliphatic carbocycles. The quantitative estimate of drug-likeness (QED) is 0.543. The Balaban J connectivity index is 2.37. The molecule has 0 saturated carbocycles. The van der Waals surface area contributed by atoms with Crippen LogP contribution in [0.15, 0.2) is 0 Å². The van der Waals surface area contributed by atoms with Crippen LogP contribution in [0.5, 0.6) is 0 Å². The average molecular weight is 167 g/mol. The molecule has 0 amide bonds. The van der Waals surface area contributed by atoms with Crippen molar-refractivity contribution in [3.05, 3.63) is 0 Å². The molecule has 1 rings (SSSR count). The molecule has 0 aromatic heterocycles. The molecular formula is C10H17NO. The van der Waals surface area contributed by atoms with E-state index in [2.05, 4.69) is 30.6 Å². The molecular weight excluding hydrogens is 150 g/mol. The van der Waals surface area contributed by atoms with Crippen LogP contribution in [0, 0.1) is 11.8 Å². The fourth-order valence-electron chi connectivity index (χ4n) is 1.60. The van der Waals surface area contributed by atoms with Gasteiger partial charge in [0, 0.05) is 13.1 Å². The maximum atomic E-state index is 5.61. The highest BCUT2D eigenvalue weighted by molar-refractivity contribution is 4.98. The predicted octanol–water partition coefficient (Wildman–Crippen LogP) is 1.12. The summed E-state index contributed by atoms with van der Waals surface area (Å²) in [4.78, 5) is 2.34. The molecule has 1 fully saturated rings. The van der Waals surface area contributed by atoms with Gasteiger partial charge in [0.2, 0.25) is 0 Å². The maximum absolute atomic E-state index is 5.61. The van der Waals surface area contributed by atoms with Crippen LogP contribution in [0.25, 0.3) is 0 Å². The van der Waals surface area contributed by atoms with E-state index in [1.54, 1.807) is 0 Å². The predicted molar refractivity (Wildman–Crippen MR) is 49.9 cm³/mol. The number of ether oxygens (including phenoxy) is 1. The highest BCUT2D eigenvalue weighted by Crippen LogP contribution is 2.09. The lowest BCUT2D eigenvalue weighted by Crippen LogP contribution is -2.45. The normalized spacial score (nSPS) is 30.9. The minimum Gasteiger partial charge on any atom is -0.373 e. The zero-order valence-corrected chi connectivity index (χ0v) is 8.13. The van der Waals surface area contributed by atoms with E-state index in [-0.39, 0.29) is 0 Å². The summed E-state index contributed by atoms with van der Waals surface area (Å²) in [6.45, 7) is 9.02. The number of morpholine rings is 1. The van der Waals surface area contributed by atoms with Gasteiger partial charge >= 0.3 is 0 Å². The molecule has 0 bridgehead atoms. The zero-order chi connectivity index (χ0) is 8.97. The Morgan fingerprint density at radius 2 is 1.92 bits per heavy atom. The summed E-state index contributed by atoms with van der Waals surface area (Å²) in [6.07, 6.45) is 0.708. The molecule has 2 heteroatoms. The van der Waals surface area contributed by atoms with E-state index in [0.717, 1.165) is 19.6 Å². The van der Waals surface area contributed by atoms with Crippen LogP contribution in [0.2, 0.25) is 0 Å². The Bertz CT molecular complexity index is 182. The standard InChI is InChI=1S/C10H17NO/c1-4-5-6-11-7-9(2)12-10(3)8-11/h9-10H,6-8H2,1-3H3. The molecule has 12 heavy (non-hydrogen) atoms. The van der Waals surface area contributed by atoms with Gasteiger partial charge in [-0.1, -0.05) is 5.92 Å².